The first-order chi connectivity index (χ1) is 12.2. The molecule has 0 aromatic heterocycles. The second-order valence-electron chi connectivity index (χ2n) is 7.72. The SMILES string of the molecule is COc1cccc2c1[C@H](O)[C@]1(O)C=CC3=C(C(=O)C[C@](C)(O)C3)[C@H]1[C@@H]2O. The molecule has 0 spiro atoms. The second-order valence-corrected chi connectivity index (χ2v) is 7.72. The average Bonchev–Trinajstić information content (AvgIpc) is 2.58. The number of methoxy groups -OCH3 is 1. The number of fused-ring (bicyclic) bond motifs is 3. The van der Waals surface area contributed by atoms with E-state index in [0.717, 1.165) is 0 Å². The van der Waals surface area contributed by atoms with Crippen LogP contribution >= 0.6 is 0 Å². The van der Waals surface area contributed by atoms with Crippen LogP contribution in [0.3, 0.4) is 0 Å². The van der Waals surface area contributed by atoms with Crippen molar-refractivity contribution in [1.82, 2.24) is 0 Å². The Labute approximate surface area is 151 Å². The maximum Gasteiger partial charge on any atom is 0.162 e. The van der Waals surface area contributed by atoms with Crippen molar-refractivity contribution in [2.24, 2.45) is 5.92 Å². The summed E-state index contributed by atoms with van der Waals surface area (Å²) in [5, 5.41) is 43.6. The van der Waals surface area contributed by atoms with Gasteiger partial charge in [-0.3, -0.25) is 4.79 Å². The van der Waals surface area contributed by atoms with Gasteiger partial charge < -0.3 is 25.2 Å². The number of aliphatic hydroxyl groups excluding tert-OH is 2. The molecule has 0 saturated carbocycles. The van der Waals surface area contributed by atoms with E-state index in [0.29, 0.717) is 28.0 Å². The molecular weight excluding hydrogens is 336 g/mol. The van der Waals surface area contributed by atoms with E-state index in [-0.39, 0.29) is 18.6 Å². The Morgan fingerprint density at radius 1 is 1.19 bits per heavy atom. The molecule has 6 heteroatoms. The minimum Gasteiger partial charge on any atom is -0.496 e. The molecule has 0 heterocycles. The normalized spacial score (nSPS) is 38.5. The molecule has 3 aliphatic carbocycles. The number of hydrogen-bond donors (Lipinski definition) is 4. The highest BCUT2D eigenvalue weighted by Crippen LogP contribution is 2.56. The minimum absolute atomic E-state index is 0.0833. The number of carbonyl (C=O) groups excluding carboxylic acids is 1. The summed E-state index contributed by atoms with van der Waals surface area (Å²) in [6, 6.07) is 5.01. The summed E-state index contributed by atoms with van der Waals surface area (Å²) < 4.78 is 5.29. The molecule has 0 bridgehead atoms. The van der Waals surface area contributed by atoms with Crippen LogP contribution in [0.4, 0.5) is 0 Å². The van der Waals surface area contributed by atoms with Crippen molar-refractivity contribution in [3.8, 4) is 5.75 Å². The van der Waals surface area contributed by atoms with E-state index >= 15 is 0 Å². The zero-order chi connectivity index (χ0) is 18.9. The Balaban J connectivity index is 1.92. The molecule has 0 unspecified atom stereocenters. The largest absolute Gasteiger partial charge is 0.496 e. The van der Waals surface area contributed by atoms with Gasteiger partial charge in [0.15, 0.2) is 5.78 Å². The van der Waals surface area contributed by atoms with Gasteiger partial charge in [0.1, 0.15) is 17.5 Å². The van der Waals surface area contributed by atoms with Crippen molar-refractivity contribution in [1.29, 1.82) is 0 Å². The van der Waals surface area contributed by atoms with Gasteiger partial charge in [-0.2, -0.15) is 0 Å². The maximum absolute atomic E-state index is 12.7. The fourth-order valence-corrected chi connectivity index (χ4v) is 4.65. The second kappa shape index (κ2) is 5.50. The highest BCUT2D eigenvalue weighted by atomic mass is 16.5. The Kier molecular flexibility index (Phi) is 3.69. The number of rotatable bonds is 1. The Morgan fingerprint density at radius 2 is 1.92 bits per heavy atom. The number of Topliss-reactive ketones (excluding diaryl/α,β-unsaturated/α-hetero) is 1. The van der Waals surface area contributed by atoms with Crippen LogP contribution in [0.15, 0.2) is 41.5 Å². The van der Waals surface area contributed by atoms with Crippen molar-refractivity contribution in [3.05, 3.63) is 52.6 Å². The van der Waals surface area contributed by atoms with E-state index < -0.39 is 29.3 Å². The van der Waals surface area contributed by atoms with E-state index in [1.807, 2.05) is 0 Å². The van der Waals surface area contributed by atoms with Crippen LogP contribution in [0.5, 0.6) is 5.75 Å². The number of allylic oxidation sites excluding steroid dienone is 1. The van der Waals surface area contributed by atoms with Crippen LogP contribution < -0.4 is 4.74 Å². The third-order valence-electron chi connectivity index (χ3n) is 5.79. The van der Waals surface area contributed by atoms with Crippen LogP contribution in [0, 0.1) is 5.92 Å². The number of carbonyl (C=O) groups is 1. The van der Waals surface area contributed by atoms with Gasteiger partial charge in [0.2, 0.25) is 0 Å². The summed E-state index contributed by atoms with van der Waals surface area (Å²) in [6.07, 6.45) is 0.630. The van der Waals surface area contributed by atoms with Gasteiger partial charge in [0, 0.05) is 24.0 Å². The quantitative estimate of drug-likeness (QED) is 0.599. The lowest BCUT2D eigenvalue weighted by molar-refractivity contribution is -0.135. The van der Waals surface area contributed by atoms with Crippen molar-refractivity contribution >= 4 is 5.78 Å². The molecule has 4 rings (SSSR count). The first kappa shape index (κ1) is 17.4. The molecule has 5 atom stereocenters. The third-order valence-corrected chi connectivity index (χ3v) is 5.79. The molecule has 138 valence electrons. The zero-order valence-electron chi connectivity index (χ0n) is 14.6. The Hall–Kier alpha value is -1.99. The third kappa shape index (κ3) is 2.23. The molecule has 0 radical (unpaired) electrons. The predicted molar refractivity (Wildman–Crippen MR) is 92.4 cm³/mol. The van der Waals surface area contributed by atoms with E-state index in [1.54, 1.807) is 31.2 Å². The van der Waals surface area contributed by atoms with Gasteiger partial charge in [-0.25, -0.2) is 0 Å². The van der Waals surface area contributed by atoms with Crippen LogP contribution in [-0.4, -0.2) is 44.5 Å². The number of aliphatic hydroxyl groups is 4. The van der Waals surface area contributed by atoms with Crippen molar-refractivity contribution in [3.63, 3.8) is 0 Å². The molecule has 6 nitrogen and oxygen atoms in total. The van der Waals surface area contributed by atoms with Crippen LogP contribution in [-0.2, 0) is 4.79 Å². The van der Waals surface area contributed by atoms with Gasteiger partial charge in [0.05, 0.1) is 24.7 Å². The molecule has 0 aliphatic heterocycles. The zero-order valence-corrected chi connectivity index (χ0v) is 14.6. The molecule has 1 aromatic rings. The molecule has 0 fully saturated rings. The summed E-state index contributed by atoms with van der Waals surface area (Å²) in [7, 11) is 1.45. The maximum atomic E-state index is 12.7. The molecule has 0 saturated heterocycles. The lowest BCUT2D eigenvalue weighted by Crippen LogP contribution is -2.53. The van der Waals surface area contributed by atoms with Crippen molar-refractivity contribution in [2.75, 3.05) is 7.11 Å². The first-order valence-electron chi connectivity index (χ1n) is 8.63. The van der Waals surface area contributed by atoms with E-state index in [2.05, 4.69) is 0 Å². The summed E-state index contributed by atoms with van der Waals surface area (Å²) in [5.41, 5.74) is -1.35. The standard InChI is InChI=1S/C20H22O6/c1-19(24)8-10-6-7-20(25)16(14(10)12(21)9-19)17(22)11-4-3-5-13(26-2)15(11)18(20)23/h3-7,16-18,22-25H,8-9H2,1-2H3/t16-,17+,18-,19+,20-/m0/s1. The average molecular weight is 358 g/mol. The smallest absolute Gasteiger partial charge is 0.162 e. The van der Waals surface area contributed by atoms with Gasteiger partial charge in [-0.15, -0.1) is 0 Å². The van der Waals surface area contributed by atoms with E-state index in [1.165, 1.54) is 13.2 Å². The van der Waals surface area contributed by atoms with Crippen LogP contribution in [0.2, 0.25) is 0 Å². The Morgan fingerprint density at radius 3 is 2.62 bits per heavy atom. The van der Waals surface area contributed by atoms with Crippen molar-refractivity contribution < 1.29 is 30.0 Å². The first-order valence-corrected chi connectivity index (χ1v) is 8.63. The van der Waals surface area contributed by atoms with Gasteiger partial charge in [-0.05, 0) is 30.2 Å². The summed E-state index contributed by atoms with van der Waals surface area (Å²) in [4.78, 5) is 12.7. The molecule has 4 N–H and O–H groups in total. The number of ketones is 1. The topological polar surface area (TPSA) is 107 Å². The van der Waals surface area contributed by atoms with Gasteiger partial charge in [-0.1, -0.05) is 18.2 Å². The molecular formula is C20H22O6. The summed E-state index contributed by atoms with van der Waals surface area (Å²) in [5.74, 6) is -0.950. The van der Waals surface area contributed by atoms with E-state index in [4.69, 9.17) is 4.74 Å². The van der Waals surface area contributed by atoms with Crippen molar-refractivity contribution in [2.45, 2.75) is 43.2 Å². The number of ether oxygens (including phenoxy) is 1. The van der Waals surface area contributed by atoms with Gasteiger partial charge >= 0.3 is 0 Å². The minimum atomic E-state index is -1.83. The lowest BCUT2D eigenvalue weighted by Gasteiger charge is -2.49. The molecule has 0 amide bonds. The summed E-state index contributed by atoms with van der Waals surface area (Å²) in [6.45, 7) is 1.59. The van der Waals surface area contributed by atoms with Crippen LogP contribution in [0.25, 0.3) is 0 Å². The molecule has 1 aromatic carbocycles. The molecule has 26 heavy (non-hydrogen) atoms. The van der Waals surface area contributed by atoms with Gasteiger partial charge in [0.25, 0.3) is 0 Å². The monoisotopic (exact) mass is 358 g/mol. The number of benzene rings is 1. The predicted octanol–water partition coefficient (Wildman–Crippen LogP) is 1.10. The fraction of sp³-hybridized carbons (Fsp3) is 0.450. The highest BCUT2D eigenvalue weighted by molar-refractivity contribution is 5.99. The number of hydrogen-bond acceptors (Lipinski definition) is 6. The fourth-order valence-electron chi connectivity index (χ4n) is 4.65. The summed E-state index contributed by atoms with van der Waals surface area (Å²) >= 11 is 0. The highest BCUT2D eigenvalue weighted by Gasteiger charge is 2.57. The van der Waals surface area contributed by atoms with E-state index in [9.17, 15) is 25.2 Å². The molecule has 3 aliphatic rings. The van der Waals surface area contributed by atoms with Crippen LogP contribution in [0.1, 0.15) is 43.1 Å². The Bertz CT molecular complexity index is 852. The lowest BCUT2D eigenvalue weighted by atomic mass is 9.60.